The summed E-state index contributed by atoms with van der Waals surface area (Å²) in [7, 11) is 1.55. The summed E-state index contributed by atoms with van der Waals surface area (Å²) in [5, 5.41) is 10.7. The minimum Gasteiger partial charge on any atom is -0.497 e. The van der Waals surface area contributed by atoms with E-state index in [4.69, 9.17) is 16.3 Å². The molecular weight excluding hydrogens is 432 g/mol. The number of rotatable bonds is 5. The highest BCUT2D eigenvalue weighted by Crippen LogP contribution is 2.32. The molecule has 1 aromatic heterocycles. The molecule has 1 amide bonds. The van der Waals surface area contributed by atoms with Gasteiger partial charge in [-0.1, -0.05) is 11.6 Å². The van der Waals surface area contributed by atoms with Crippen molar-refractivity contribution in [2.45, 2.75) is 32.2 Å². The van der Waals surface area contributed by atoms with Crippen LogP contribution in [0.1, 0.15) is 34.5 Å². The number of halogens is 1. The molecule has 2 aromatic carbocycles. The van der Waals surface area contributed by atoms with Crippen LogP contribution in [0.25, 0.3) is 10.9 Å². The first kappa shape index (κ1) is 21.9. The average Bonchev–Trinajstić information content (AvgIpc) is 3.37. The van der Waals surface area contributed by atoms with Crippen molar-refractivity contribution in [2.75, 3.05) is 13.7 Å². The zero-order valence-corrected chi connectivity index (χ0v) is 18.6. The van der Waals surface area contributed by atoms with E-state index in [1.54, 1.807) is 61.1 Å². The molecule has 0 saturated carbocycles. The van der Waals surface area contributed by atoms with Gasteiger partial charge in [0, 0.05) is 28.2 Å². The standard InChI is InChI=1S/C24H23ClN2O5/c1-14-18(13-22(28)26-11-3-4-21(26)24(30)31)19-12-17(32-2)9-10-20(19)27(14)23(29)15-5-7-16(25)8-6-15/h5-10,12,21H,3-4,11,13H2,1-2H3,(H,30,31). The number of fused-ring (bicyclic) bond motifs is 1. The van der Waals surface area contributed by atoms with Crippen LogP contribution in [-0.4, -0.2) is 52.1 Å². The monoisotopic (exact) mass is 454 g/mol. The first-order chi connectivity index (χ1) is 15.3. The van der Waals surface area contributed by atoms with Crippen LogP contribution >= 0.6 is 11.6 Å². The number of aromatic nitrogens is 1. The van der Waals surface area contributed by atoms with Crippen molar-refractivity contribution in [1.29, 1.82) is 0 Å². The van der Waals surface area contributed by atoms with Crippen LogP contribution in [0, 0.1) is 6.92 Å². The minimum absolute atomic E-state index is 0.000177. The number of benzene rings is 2. The molecule has 1 unspecified atom stereocenters. The predicted octanol–water partition coefficient (Wildman–Crippen LogP) is 3.92. The molecule has 32 heavy (non-hydrogen) atoms. The quantitative estimate of drug-likeness (QED) is 0.631. The lowest BCUT2D eigenvalue weighted by molar-refractivity contribution is -0.147. The van der Waals surface area contributed by atoms with Gasteiger partial charge >= 0.3 is 5.97 Å². The van der Waals surface area contributed by atoms with E-state index in [0.29, 0.717) is 52.5 Å². The smallest absolute Gasteiger partial charge is 0.326 e. The van der Waals surface area contributed by atoms with E-state index in [1.165, 1.54) is 4.90 Å². The van der Waals surface area contributed by atoms with E-state index >= 15 is 0 Å². The van der Waals surface area contributed by atoms with Gasteiger partial charge in [0.05, 0.1) is 19.0 Å². The van der Waals surface area contributed by atoms with Crippen LogP contribution < -0.4 is 4.74 Å². The molecule has 0 radical (unpaired) electrons. The number of ether oxygens (including phenoxy) is 1. The Hall–Kier alpha value is -3.32. The van der Waals surface area contributed by atoms with E-state index < -0.39 is 12.0 Å². The maximum absolute atomic E-state index is 13.4. The summed E-state index contributed by atoms with van der Waals surface area (Å²) in [5.74, 6) is -0.891. The van der Waals surface area contributed by atoms with Crippen LogP contribution in [0.5, 0.6) is 5.75 Å². The van der Waals surface area contributed by atoms with E-state index in [1.807, 2.05) is 0 Å². The van der Waals surface area contributed by atoms with Gasteiger partial charge in [0.1, 0.15) is 11.8 Å². The molecule has 4 rings (SSSR count). The summed E-state index contributed by atoms with van der Waals surface area (Å²) in [6.45, 7) is 2.21. The van der Waals surface area contributed by atoms with Crippen molar-refractivity contribution < 1.29 is 24.2 Å². The van der Waals surface area contributed by atoms with E-state index in [0.717, 1.165) is 5.39 Å². The van der Waals surface area contributed by atoms with Crippen LogP contribution in [0.15, 0.2) is 42.5 Å². The third kappa shape index (κ3) is 3.84. The zero-order valence-electron chi connectivity index (χ0n) is 17.8. The van der Waals surface area contributed by atoms with Crippen molar-refractivity contribution in [1.82, 2.24) is 9.47 Å². The highest BCUT2D eigenvalue weighted by atomic mass is 35.5. The number of hydrogen-bond acceptors (Lipinski definition) is 4. The average molecular weight is 455 g/mol. The number of amides is 1. The van der Waals surface area contributed by atoms with Gasteiger partial charge in [-0.05, 0) is 67.8 Å². The minimum atomic E-state index is -0.991. The maximum Gasteiger partial charge on any atom is 0.326 e. The van der Waals surface area contributed by atoms with Crippen molar-refractivity contribution in [3.8, 4) is 5.75 Å². The Morgan fingerprint density at radius 1 is 1.16 bits per heavy atom. The summed E-state index contributed by atoms with van der Waals surface area (Å²) in [4.78, 5) is 39.4. The number of carbonyl (C=O) groups excluding carboxylic acids is 2. The van der Waals surface area contributed by atoms with Gasteiger partial charge < -0.3 is 14.7 Å². The molecule has 1 aliphatic heterocycles. The topological polar surface area (TPSA) is 88.8 Å². The fraction of sp³-hybridized carbons (Fsp3) is 0.292. The Morgan fingerprint density at radius 3 is 2.53 bits per heavy atom. The van der Waals surface area contributed by atoms with Crippen molar-refractivity contribution in [3.05, 3.63) is 64.3 Å². The van der Waals surface area contributed by atoms with Gasteiger partial charge in [-0.15, -0.1) is 0 Å². The summed E-state index contributed by atoms with van der Waals surface area (Å²) in [6.07, 6.45) is 1.11. The molecule has 1 aliphatic rings. The molecule has 0 bridgehead atoms. The van der Waals surface area contributed by atoms with Gasteiger partial charge in [-0.3, -0.25) is 14.2 Å². The lowest BCUT2D eigenvalue weighted by Crippen LogP contribution is -2.41. The van der Waals surface area contributed by atoms with Crippen molar-refractivity contribution in [3.63, 3.8) is 0 Å². The number of carbonyl (C=O) groups is 3. The fourth-order valence-electron chi connectivity index (χ4n) is 4.37. The van der Waals surface area contributed by atoms with Gasteiger partial charge in [-0.2, -0.15) is 0 Å². The van der Waals surface area contributed by atoms with Gasteiger partial charge in [0.15, 0.2) is 0 Å². The van der Waals surface area contributed by atoms with Gasteiger partial charge in [0.2, 0.25) is 5.91 Å². The second kappa shape index (κ2) is 8.67. The number of methoxy groups -OCH3 is 1. The maximum atomic E-state index is 13.4. The second-order valence-electron chi connectivity index (χ2n) is 7.85. The Balaban J connectivity index is 1.79. The largest absolute Gasteiger partial charge is 0.497 e. The number of carboxylic acids is 1. The normalized spacial score (nSPS) is 15.8. The Morgan fingerprint density at radius 2 is 1.88 bits per heavy atom. The molecule has 8 heteroatoms. The van der Waals surface area contributed by atoms with Gasteiger partial charge in [0.25, 0.3) is 5.91 Å². The molecule has 0 spiro atoms. The number of carboxylic acid groups (broad SMARTS) is 1. The SMILES string of the molecule is COc1ccc2c(c1)c(CC(=O)N1CCCC1C(=O)O)c(C)n2C(=O)c1ccc(Cl)cc1. The Labute approximate surface area is 190 Å². The van der Waals surface area contributed by atoms with E-state index in [-0.39, 0.29) is 18.2 Å². The third-order valence-corrected chi connectivity index (χ3v) is 6.27. The Bertz CT molecular complexity index is 1220. The van der Waals surface area contributed by atoms with Crippen LogP contribution in [0.2, 0.25) is 5.02 Å². The molecule has 0 aliphatic carbocycles. The summed E-state index contributed by atoms with van der Waals surface area (Å²) in [5.41, 5.74) is 2.44. The second-order valence-corrected chi connectivity index (χ2v) is 8.29. The van der Waals surface area contributed by atoms with E-state index in [9.17, 15) is 19.5 Å². The number of hydrogen-bond donors (Lipinski definition) is 1. The van der Waals surface area contributed by atoms with Gasteiger partial charge in [-0.25, -0.2) is 4.79 Å². The summed E-state index contributed by atoms with van der Waals surface area (Å²) >= 11 is 5.96. The molecule has 7 nitrogen and oxygen atoms in total. The number of aliphatic carboxylic acids is 1. The zero-order chi connectivity index (χ0) is 23.0. The molecule has 166 valence electrons. The molecule has 1 saturated heterocycles. The summed E-state index contributed by atoms with van der Waals surface area (Å²) < 4.78 is 6.94. The first-order valence-electron chi connectivity index (χ1n) is 10.3. The lowest BCUT2D eigenvalue weighted by Gasteiger charge is -2.21. The Kier molecular flexibility index (Phi) is 5.93. The van der Waals surface area contributed by atoms with Crippen LogP contribution in [0.4, 0.5) is 0 Å². The molecular formula is C24H23ClN2O5. The highest BCUT2D eigenvalue weighted by Gasteiger charge is 2.34. The molecule has 1 fully saturated rings. The van der Waals surface area contributed by atoms with Crippen LogP contribution in [-0.2, 0) is 16.0 Å². The summed E-state index contributed by atoms with van der Waals surface area (Å²) in [6, 6.07) is 11.2. The fourth-order valence-corrected chi connectivity index (χ4v) is 4.50. The first-order valence-corrected chi connectivity index (χ1v) is 10.7. The third-order valence-electron chi connectivity index (χ3n) is 6.02. The molecule has 2 heterocycles. The molecule has 1 N–H and O–H groups in total. The molecule has 1 atom stereocenters. The highest BCUT2D eigenvalue weighted by molar-refractivity contribution is 6.30. The predicted molar refractivity (Wildman–Crippen MR) is 120 cm³/mol. The van der Waals surface area contributed by atoms with Crippen molar-refractivity contribution in [2.24, 2.45) is 0 Å². The number of likely N-dealkylation sites (tertiary alicyclic amines) is 1. The lowest BCUT2D eigenvalue weighted by atomic mass is 10.1. The van der Waals surface area contributed by atoms with E-state index in [2.05, 4.69) is 0 Å². The van der Waals surface area contributed by atoms with Crippen LogP contribution in [0.3, 0.4) is 0 Å². The van der Waals surface area contributed by atoms with Crippen molar-refractivity contribution >= 4 is 40.3 Å². The molecule has 3 aromatic rings. The number of nitrogens with zero attached hydrogens (tertiary/aromatic N) is 2.